The van der Waals surface area contributed by atoms with E-state index in [2.05, 4.69) is 5.32 Å². The van der Waals surface area contributed by atoms with Crippen molar-refractivity contribution in [1.29, 1.82) is 0 Å². The van der Waals surface area contributed by atoms with Crippen molar-refractivity contribution in [2.45, 2.75) is 45.7 Å². The van der Waals surface area contributed by atoms with Gasteiger partial charge in [-0.1, -0.05) is 19.1 Å². The minimum atomic E-state index is -0.919. The van der Waals surface area contributed by atoms with E-state index in [4.69, 9.17) is 4.74 Å². The van der Waals surface area contributed by atoms with Gasteiger partial charge < -0.3 is 4.74 Å². The number of benzene rings is 1. The van der Waals surface area contributed by atoms with E-state index in [0.29, 0.717) is 13.0 Å². The van der Waals surface area contributed by atoms with Crippen LogP contribution in [0.5, 0.6) is 0 Å². The number of carbonyl (C=O) groups is 1. The average Bonchev–Trinajstić information content (AvgIpc) is 2.37. The molecule has 1 aromatic rings. The lowest BCUT2D eigenvalue weighted by Crippen LogP contribution is -2.52. The fourth-order valence-corrected chi connectivity index (χ4v) is 2.19. The highest BCUT2D eigenvalue weighted by Crippen LogP contribution is 2.28. The van der Waals surface area contributed by atoms with E-state index in [0.717, 1.165) is 5.56 Å². The van der Waals surface area contributed by atoms with Crippen LogP contribution in [0.25, 0.3) is 0 Å². The van der Waals surface area contributed by atoms with Gasteiger partial charge in [0, 0.05) is 6.04 Å². The minimum Gasteiger partial charge on any atom is -0.464 e. The Hall–Kier alpha value is -1.42. The summed E-state index contributed by atoms with van der Waals surface area (Å²) >= 11 is 0. The molecular weight excluding hydrogens is 245 g/mol. The van der Waals surface area contributed by atoms with Gasteiger partial charge in [-0.25, -0.2) is 9.18 Å². The van der Waals surface area contributed by atoms with Gasteiger partial charge in [-0.2, -0.15) is 0 Å². The van der Waals surface area contributed by atoms with Crippen molar-refractivity contribution < 1.29 is 13.9 Å². The summed E-state index contributed by atoms with van der Waals surface area (Å²) in [7, 11) is 0. The molecule has 0 fully saturated rings. The van der Waals surface area contributed by atoms with Crippen molar-refractivity contribution in [3.8, 4) is 0 Å². The Morgan fingerprint density at radius 3 is 2.32 bits per heavy atom. The van der Waals surface area contributed by atoms with Gasteiger partial charge in [0.25, 0.3) is 0 Å². The fraction of sp³-hybridized carbons (Fsp3) is 0.533. The first-order valence-electron chi connectivity index (χ1n) is 6.67. The van der Waals surface area contributed by atoms with E-state index in [1.54, 1.807) is 19.1 Å². The van der Waals surface area contributed by atoms with Crippen LogP contribution >= 0.6 is 0 Å². The molecule has 4 heteroatoms. The number of ether oxygens (including phenoxy) is 1. The molecule has 0 heterocycles. The zero-order valence-corrected chi connectivity index (χ0v) is 12.0. The molecule has 3 nitrogen and oxygen atoms in total. The molecule has 0 saturated heterocycles. The summed E-state index contributed by atoms with van der Waals surface area (Å²) in [5, 5.41) is 3.27. The first-order chi connectivity index (χ1) is 8.96. The molecule has 1 aromatic carbocycles. The molecule has 0 aromatic heterocycles. The van der Waals surface area contributed by atoms with Crippen LogP contribution in [0.4, 0.5) is 4.39 Å². The SMILES string of the molecule is CCOC(=O)C(CC)(NC(C)C)c1ccc(F)cc1. The molecule has 0 aliphatic carbocycles. The second-order valence-electron chi connectivity index (χ2n) is 4.79. The Morgan fingerprint density at radius 2 is 1.89 bits per heavy atom. The lowest BCUT2D eigenvalue weighted by molar-refractivity contribution is -0.152. The maximum Gasteiger partial charge on any atom is 0.330 e. The van der Waals surface area contributed by atoms with Crippen LogP contribution in [0, 0.1) is 5.82 Å². The smallest absolute Gasteiger partial charge is 0.330 e. The Kier molecular flexibility index (Phi) is 5.48. The summed E-state index contributed by atoms with van der Waals surface area (Å²) in [6.07, 6.45) is 0.537. The van der Waals surface area contributed by atoms with Crippen LogP contribution in [0.15, 0.2) is 24.3 Å². The topological polar surface area (TPSA) is 38.3 Å². The Bertz CT molecular complexity index is 417. The predicted octanol–water partition coefficient (Wildman–Crippen LogP) is 2.99. The van der Waals surface area contributed by atoms with Gasteiger partial charge in [0.15, 0.2) is 0 Å². The maximum atomic E-state index is 13.1. The molecule has 19 heavy (non-hydrogen) atoms. The highest BCUT2D eigenvalue weighted by Gasteiger charge is 2.40. The summed E-state index contributed by atoms with van der Waals surface area (Å²) in [6.45, 7) is 7.94. The molecule has 1 rings (SSSR count). The zero-order valence-electron chi connectivity index (χ0n) is 12.0. The van der Waals surface area contributed by atoms with E-state index in [1.807, 2.05) is 20.8 Å². The standard InChI is InChI=1S/C15H22FNO2/c1-5-15(17-11(3)4,14(18)19-6-2)12-7-9-13(16)10-8-12/h7-11,17H,5-6H2,1-4H3. The first-order valence-corrected chi connectivity index (χ1v) is 6.67. The Morgan fingerprint density at radius 1 is 1.32 bits per heavy atom. The van der Waals surface area contributed by atoms with Gasteiger partial charge in [-0.05, 0) is 44.9 Å². The zero-order chi connectivity index (χ0) is 14.5. The van der Waals surface area contributed by atoms with Gasteiger partial charge in [0.1, 0.15) is 11.4 Å². The van der Waals surface area contributed by atoms with Gasteiger partial charge in [0.05, 0.1) is 6.61 Å². The third-order valence-corrected chi connectivity index (χ3v) is 3.03. The van der Waals surface area contributed by atoms with Gasteiger partial charge in [-0.3, -0.25) is 5.32 Å². The highest BCUT2D eigenvalue weighted by atomic mass is 19.1. The van der Waals surface area contributed by atoms with Crippen molar-refractivity contribution in [3.05, 3.63) is 35.6 Å². The molecule has 0 radical (unpaired) electrons. The van der Waals surface area contributed by atoms with E-state index in [9.17, 15) is 9.18 Å². The Balaban J connectivity index is 3.22. The van der Waals surface area contributed by atoms with E-state index < -0.39 is 5.54 Å². The van der Waals surface area contributed by atoms with Gasteiger partial charge in [0.2, 0.25) is 0 Å². The molecule has 0 bridgehead atoms. The van der Waals surface area contributed by atoms with Crippen LogP contribution < -0.4 is 5.32 Å². The summed E-state index contributed by atoms with van der Waals surface area (Å²) in [5.41, 5.74) is -0.193. The van der Waals surface area contributed by atoms with Crippen molar-refractivity contribution in [1.82, 2.24) is 5.32 Å². The largest absolute Gasteiger partial charge is 0.464 e. The molecule has 0 amide bonds. The molecule has 106 valence electrons. The third-order valence-electron chi connectivity index (χ3n) is 3.03. The summed E-state index contributed by atoms with van der Waals surface area (Å²) < 4.78 is 18.2. The second-order valence-corrected chi connectivity index (χ2v) is 4.79. The lowest BCUT2D eigenvalue weighted by atomic mass is 9.86. The molecule has 1 atom stereocenters. The predicted molar refractivity (Wildman–Crippen MR) is 73.3 cm³/mol. The summed E-state index contributed by atoms with van der Waals surface area (Å²) in [5.74, 6) is -0.639. The van der Waals surface area contributed by atoms with Crippen LogP contribution in [-0.4, -0.2) is 18.6 Å². The average molecular weight is 267 g/mol. The highest BCUT2D eigenvalue weighted by molar-refractivity contribution is 5.82. The molecular formula is C15H22FNO2. The number of rotatable bonds is 6. The maximum absolute atomic E-state index is 13.1. The molecule has 0 aliphatic heterocycles. The quantitative estimate of drug-likeness (QED) is 0.805. The number of carbonyl (C=O) groups excluding carboxylic acids is 1. The second kappa shape index (κ2) is 6.66. The minimum absolute atomic E-state index is 0.106. The van der Waals surface area contributed by atoms with E-state index in [-0.39, 0.29) is 17.8 Å². The molecule has 1 unspecified atom stereocenters. The monoisotopic (exact) mass is 267 g/mol. The third kappa shape index (κ3) is 3.53. The fourth-order valence-electron chi connectivity index (χ4n) is 2.19. The van der Waals surface area contributed by atoms with E-state index in [1.165, 1.54) is 12.1 Å². The van der Waals surface area contributed by atoms with Crippen molar-refractivity contribution in [2.75, 3.05) is 6.61 Å². The van der Waals surface area contributed by atoms with Crippen molar-refractivity contribution >= 4 is 5.97 Å². The number of halogens is 1. The van der Waals surface area contributed by atoms with Crippen molar-refractivity contribution in [2.24, 2.45) is 0 Å². The van der Waals surface area contributed by atoms with Crippen LogP contribution in [0.1, 0.15) is 39.7 Å². The summed E-state index contributed by atoms with van der Waals surface area (Å²) in [6, 6.07) is 6.09. The summed E-state index contributed by atoms with van der Waals surface area (Å²) in [4.78, 5) is 12.3. The number of hydrogen-bond donors (Lipinski definition) is 1. The normalized spacial score (nSPS) is 14.2. The number of esters is 1. The Labute approximate surface area is 114 Å². The van der Waals surface area contributed by atoms with Gasteiger partial charge in [-0.15, -0.1) is 0 Å². The van der Waals surface area contributed by atoms with Crippen LogP contribution in [-0.2, 0) is 15.1 Å². The van der Waals surface area contributed by atoms with Crippen molar-refractivity contribution in [3.63, 3.8) is 0 Å². The first kappa shape index (κ1) is 15.6. The van der Waals surface area contributed by atoms with Gasteiger partial charge >= 0.3 is 5.97 Å². The molecule has 0 saturated carbocycles. The van der Waals surface area contributed by atoms with E-state index >= 15 is 0 Å². The molecule has 0 spiro atoms. The molecule has 1 N–H and O–H groups in total. The number of hydrogen-bond acceptors (Lipinski definition) is 3. The lowest BCUT2D eigenvalue weighted by Gasteiger charge is -2.34. The number of nitrogens with one attached hydrogen (secondary N) is 1. The molecule has 0 aliphatic rings. The van der Waals surface area contributed by atoms with Crippen LogP contribution in [0.2, 0.25) is 0 Å². The van der Waals surface area contributed by atoms with Crippen LogP contribution in [0.3, 0.4) is 0 Å².